The second kappa shape index (κ2) is 8.36. The first-order chi connectivity index (χ1) is 12.6. The quantitative estimate of drug-likeness (QED) is 0.825. The first kappa shape index (κ1) is 18.5. The molecule has 0 N–H and O–H groups in total. The number of nitrogens with zero attached hydrogens (tertiary/aromatic N) is 4. The fourth-order valence-electron chi connectivity index (χ4n) is 3.40. The van der Waals surface area contributed by atoms with E-state index in [1.54, 1.807) is 6.20 Å². The molecule has 0 radical (unpaired) electrons. The van der Waals surface area contributed by atoms with Gasteiger partial charge in [0.1, 0.15) is 11.5 Å². The van der Waals surface area contributed by atoms with E-state index in [1.807, 2.05) is 44.0 Å². The van der Waals surface area contributed by atoms with Gasteiger partial charge >= 0.3 is 0 Å². The third-order valence-corrected chi connectivity index (χ3v) is 4.86. The van der Waals surface area contributed by atoms with Crippen molar-refractivity contribution in [1.29, 1.82) is 0 Å². The Morgan fingerprint density at radius 1 is 1.27 bits per heavy atom. The summed E-state index contributed by atoms with van der Waals surface area (Å²) in [7, 11) is 0. The van der Waals surface area contributed by atoms with Crippen LogP contribution in [0.5, 0.6) is 0 Å². The Morgan fingerprint density at radius 2 is 2.04 bits per heavy atom. The third-order valence-electron chi connectivity index (χ3n) is 4.86. The van der Waals surface area contributed by atoms with Gasteiger partial charge in [-0.15, -0.1) is 0 Å². The summed E-state index contributed by atoms with van der Waals surface area (Å²) in [5, 5.41) is 0. The van der Waals surface area contributed by atoms with Gasteiger partial charge in [-0.3, -0.25) is 9.78 Å². The molecular formula is C20H26N4O2. The van der Waals surface area contributed by atoms with E-state index in [4.69, 9.17) is 4.74 Å². The SMILES string of the molecule is CCOCc1cnc(C)nc1C1CCN(C(=O)c2ncccc2C)CC1. The maximum atomic E-state index is 12.7. The summed E-state index contributed by atoms with van der Waals surface area (Å²) in [4.78, 5) is 27.9. The van der Waals surface area contributed by atoms with Gasteiger partial charge in [0.05, 0.1) is 12.3 Å². The fourth-order valence-corrected chi connectivity index (χ4v) is 3.40. The molecule has 138 valence electrons. The maximum absolute atomic E-state index is 12.7. The topological polar surface area (TPSA) is 68.2 Å². The number of hydrogen-bond donors (Lipinski definition) is 0. The average molecular weight is 354 g/mol. The van der Waals surface area contributed by atoms with Crippen molar-refractivity contribution in [3.63, 3.8) is 0 Å². The molecule has 1 amide bonds. The van der Waals surface area contributed by atoms with Crippen molar-refractivity contribution in [2.75, 3.05) is 19.7 Å². The van der Waals surface area contributed by atoms with Crippen LogP contribution in [0.1, 0.15) is 58.8 Å². The molecular weight excluding hydrogens is 328 g/mol. The molecule has 0 aliphatic carbocycles. The molecule has 0 saturated carbocycles. The molecule has 0 atom stereocenters. The lowest BCUT2D eigenvalue weighted by molar-refractivity contribution is 0.0703. The van der Waals surface area contributed by atoms with Crippen LogP contribution in [0.2, 0.25) is 0 Å². The number of hydrogen-bond acceptors (Lipinski definition) is 5. The molecule has 6 nitrogen and oxygen atoms in total. The monoisotopic (exact) mass is 354 g/mol. The number of piperidine rings is 1. The Balaban J connectivity index is 1.70. The number of aromatic nitrogens is 3. The van der Waals surface area contributed by atoms with Crippen LogP contribution in [0.4, 0.5) is 0 Å². The zero-order valence-electron chi connectivity index (χ0n) is 15.7. The predicted molar refractivity (Wildman–Crippen MR) is 99.0 cm³/mol. The van der Waals surface area contributed by atoms with Gasteiger partial charge in [-0.25, -0.2) is 9.97 Å². The molecule has 3 heterocycles. The number of carbonyl (C=O) groups excluding carboxylic acids is 1. The van der Waals surface area contributed by atoms with Crippen LogP contribution in [-0.2, 0) is 11.3 Å². The summed E-state index contributed by atoms with van der Waals surface area (Å²) in [5.41, 5.74) is 3.61. The minimum atomic E-state index is 0.0231. The third kappa shape index (κ3) is 4.07. The Morgan fingerprint density at radius 3 is 2.73 bits per heavy atom. The Bertz CT molecular complexity index is 770. The number of ether oxygens (including phenoxy) is 1. The van der Waals surface area contributed by atoms with Crippen LogP contribution in [0.3, 0.4) is 0 Å². The maximum Gasteiger partial charge on any atom is 0.272 e. The highest BCUT2D eigenvalue weighted by Gasteiger charge is 2.28. The number of rotatable bonds is 5. The predicted octanol–water partition coefficient (Wildman–Crippen LogP) is 3.04. The second-order valence-electron chi connectivity index (χ2n) is 6.70. The van der Waals surface area contributed by atoms with E-state index >= 15 is 0 Å². The fraction of sp³-hybridized carbons (Fsp3) is 0.500. The van der Waals surface area contributed by atoms with Gasteiger partial charge in [-0.2, -0.15) is 0 Å². The number of aryl methyl sites for hydroxylation is 2. The van der Waals surface area contributed by atoms with Crippen molar-refractivity contribution in [3.8, 4) is 0 Å². The first-order valence-corrected chi connectivity index (χ1v) is 9.21. The zero-order valence-corrected chi connectivity index (χ0v) is 15.7. The van der Waals surface area contributed by atoms with E-state index in [-0.39, 0.29) is 5.91 Å². The first-order valence-electron chi connectivity index (χ1n) is 9.21. The molecule has 6 heteroatoms. The summed E-state index contributed by atoms with van der Waals surface area (Å²) < 4.78 is 5.57. The van der Waals surface area contributed by atoms with E-state index in [0.29, 0.717) is 24.8 Å². The van der Waals surface area contributed by atoms with Crippen molar-refractivity contribution < 1.29 is 9.53 Å². The normalized spacial score (nSPS) is 15.3. The minimum absolute atomic E-state index is 0.0231. The second-order valence-corrected chi connectivity index (χ2v) is 6.70. The van der Waals surface area contributed by atoms with Crippen LogP contribution < -0.4 is 0 Å². The Hall–Kier alpha value is -2.34. The Kier molecular flexibility index (Phi) is 5.93. The van der Waals surface area contributed by atoms with Gasteiger partial charge in [0.25, 0.3) is 5.91 Å². The molecule has 26 heavy (non-hydrogen) atoms. The van der Waals surface area contributed by atoms with Crippen LogP contribution in [0.25, 0.3) is 0 Å². The summed E-state index contributed by atoms with van der Waals surface area (Å²) in [6, 6.07) is 3.78. The molecule has 3 rings (SSSR count). The lowest BCUT2D eigenvalue weighted by Crippen LogP contribution is -2.39. The average Bonchev–Trinajstić information content (AvgIpc) is 2.67. The summed E-state index contributed by atoms with van der Waals surface area (Å²) >= 11 is 0. The van der Waals surface area contributed by atoms with E-state index < -0.39 is 0 Å². The number of amides is 1. The van der Waals surface area contributed by atoms with Crippen molar-refractivity contribution in [2.24, 2.45) is 0 Å². The van der Waals surface area contributed by atoms with Gasteiger partial charge < -0.3 is 9.64 Å². The molecule has 2 aromatic rings. The Labute approximate surface area is 154 Å². The standard InChI is InChI=1S/C20H26N4O2/c1-4-26-13-17-12-22-15(3)23-19(17)16-7-10-24(11-8-16)20(25)18-14(2)6-5-9-21-18/h5-6,9,12,16H,4,7-8,10-11,13H2,1-3H3. The highest BCUT2D eigenvalue weighted by Crippen LogP contribution is 2.30. The van der Waals surface area contributed by atoms with Gasteiger partial charge in [-0.05, 0) is 45.2 Å². The highest BCUT2D eigenvalue weighted by molar-refractivity contribution is 5.93. The smallest absolute Gasteiger partial charge is 0.272 e. The van der Waals surface area contributed by atoms with Gasteiger partial charge in [0, 0.05) is 43.6 Å². The van der Waals surface area contributed by atoms with Crippen molar-refractivity contribution in [3.05, 3.63) is 52.9 Å². The largest absolute Gasteiger partial charge is 0.377 e. The van der Waals surface area contributed by atoms with Crippen molar-refractivity contribution in [1.82, 2.24) is 19.9 Å². The molecule has 0 aromatic carbocycles. The summed E-state index contributed by atoms with van der Waals surface area (Å²) in [6.07, 6.45) is 5.35. The number of pyridine rings is 1. The van der Waals surface area contributed by atoms with Crippen LogP contribution in [0.15, 0.2) is 24.5 Å². The van der Waals surface area contributed by atoms with E-state index in [9.17, 15) is 4.79 Å². The molecule has 0 unspecified atom stereocenters. The molecule has 0 spiro atoms. The molecule has 1 aliphatic rings. The molecule has 1 aliphatic heterocycles. The minimum Gasteiger partial charge on any atom is -0.377 e. The van der Waals surface area contributed by atoms with Gasteiger partial charge in [0.2, 0.25) is 0 Å². The lowest BCUT2D eigenvalue weighted by atomic mass is 9.90. The number of likely N-dealkylation sites (tertiary alicyclic amines) is 1. The van der Waals surface area contributed by atoms with E-state index in [2.05, 4.69) is 15.0 Å². The van der Waals surface area contributed by atoms with Crippen LogP contribution in [0, 0.1) is 13.8 Å². The molecule has 0 bridgehead atoms. The van der Waals surface area contributed by atoms with Crippen LogP contribution >= 0.6 is 0 Å². The van der Waals surface area contributed by atoms with E-state index in [0.717, 1.165) is 48.6 Å². The van der Waals surface area contributed by atoms with Gasteiger partial charge in [-0.1, -0.05) is 6.07 Å². The highest BCUT2D eigenvalue weighted by atomic mass is 16.5. The summed E-state index contributed by atoms with van der Waals surface area (Å²) in [6.45, 7) is 8.47. The molecule has 2 aromatic heterocycles. The van der Waals surface area contributed by atoms with Crippen LogP contribution in [-0.4, -0.2) is 45.5 Å². The summed E-state index contributed by atoms with van der Waals surface area (Å²) in [5.74, 6) is 1.14. The lowest BCUT2D eigenvalue weighted by Gasteiger charge is -2.32. The molecule has 1 saturated heterocycles. The van der Waals surface area contributed by atoms with E-state index in [1.165, 1.54) is 0 Å². The van der Waals surface area contributed by atoms with Crippen molar-refractivity contribution >= 4 is 5.91 Å². The van der Waals surface area contributed by atoms with Crippen molar-refractivity contribution in [2.45, 2.75) is 46.1 Å². The van der Waals surface area contributed by atoms with Gasteiger partial charge in [0.15, 0.2) is 0 Å². The zero-order chi connectivity index (χ0) is 18.5. The molecule has 1 fully saturated rings. The number of carbonyl (C=O) groups is 1.